The van der Waals surface area contributed by atoms with Crippen LogP contribution in [0.1, 0.15) is 30.9 Å². The van der Waals surface area contributed by atoms with Crippen LogP contribution in [0.2, 0.25) is 0 Å². The molecule has 0 bridgehead atoms. The zero-order valence-corrected chi connectivity index (χ0v) is 21.6. The van der Waals surface area contributed by atoms with Gasteiger partial charge in [-0.05, 0) is 55.6 Å². The molecule has 1 aliphatic heterocycles. The second kappa shape index (κ2) is 12.4. The molecular formula is C28H33N5O6. The molecule has 1 fully saturated rings. The van der Waals surface area contributed by atoms with Crippen LogP contribution in [0.5, 0.6) is 5.75 Å². The molecule has 206 valence electrons. The minimum absolute atomic E-state index is 0.00431. The highest BCUT2D eigenvalue weighted by Crippen LogP contribution is 2.19. The number of benzene rings is 2. The second-order valence-corrected chi connectivity index (χ2v) is 9.77. The molecule has 1 aromatic heterocycles. The number of nitrogens with one attached hydrogen (secondary N) is 5. The summed E-state index contributed by atoms with van der Waals surface area (Å²) >= 11 is 0. The number of amides is 3. The van der Waals surface area contributed by atoms with Crippen LogP contribution in [0, 0.1) is 0 Å². The molecule has 11 nitrogen and oxygen atoms in total. The normalized spacial score (nSPS) is 17.2. The van der Waals surface area contributed by atoms with E-state index in [4.69, 9.17) is 0 Å². The molecule has 11 heteroatoms. The largest absolute Gasteiger partial charge is 0.508 e. The Morgan fingerprint density at radius 1 is 0.949 bits per heavy atom. The quantitative estimate of drug-likeness (QED) is 0.192. The Bertz CT molecular complexity index is 1330. The summed E-state index contributed by atoms with van der Waals surface area (Å²) in [5.41, 5.74) is 2.35. The van der Waals surface area contributed by atoms with Crippen molar-refractivity contribution in [2.45, 2.75) is 56.8 Å². The molecule has 3 amide bonds. The van der Waals surface area contributed by atoms with Gasteiger partial charge in [0.05, 0.1) is 6.04 Å². The van der Waals surface area contributed by atoms with Gasteiger partial charge in [-0.15, -0.1) is 0 Å². The molecular weight excluding hydrogens is 502 g/mol. The third-order valence-corrected chi connectivity index (χ3v) is 6.85. The molecule has 4 rings (SSSR count). The summed E-state index contributed by atoms with van der Waals surface area (Å²) in [5.74, 6) is -2.71. The summed E-state index contributed by atoms with van der Waals surface area (Å²) < 4.78 is 0. The number of para-hydroxylation sites is 1. The number of carboxylic acid groups (broad SMARTS) is 1. The van der Waals surface area contributed by atoms with Gasteiger partial charge in [0.15, 0.2) is 0 Å². The molecule has 0 saturated carbocycles. The van der Waals surface area contributed by atoms with Gasteiger partial charge in [0, 0.05) is 29.9 Å². The number of fused-ring (bicyclic) bond motifs is 1. The average Bonchev–Trinajstić information content (AvgIpc) is 3.60. The molecule has 0 aliphatic carbocycles. The molecule has 1 aliphatic rings. The first-order valence-electron chi connectivity index (χ1n) is 12.9. The molecule has 39 heavy (non-hydrogen) atoms. The van der Waals surface area contributed by atoms with Gasteiger partial charge >= 0.3 is 5.97 Å². The summed E-state index contributed by atoms with van der Waals surface area (Å²) in [4.78, 5) is 54.0. The van der Waals surface area contributed by atoms with Crippen LogP contribution in [0.25, 0.3) is 10.9 Å². The topological polar surface area (TPSA) is 173 Å². The molecule has 3 aromatic rings. The molecule has 0 radical (unpaired) electrons. The monoisotopic (exact) mass is 535 g/mol. The van der Waals surface area contributed by atoms with Crippen LogP contribution >= 0.6 is 0 Å². The maximum Gasteiger partial charge on any atom is 0.326 e. The fraction of sp³-hybridized carbons (Fsp3) is 0.357. The molecule has 7 N–H and O–H groups in total. The van der Waals surface area contributed by atoms with Crippen LogP contribution in [0.4, 0.5) is 0 Å². The third kappa shape index (κ3) is 7.14. The molecule has 4 unspecified atom stereocenters. The van der Waals surface area contributed by atoms with Crippen molar-refractivity contribution in [3.05, 3.63) is 65.9 Å². The van der Waals surface area contributed by atoms with E-state index in [1.54, 1.807) is 18.3 Å². The lowest BCUT2D eigenvalue weighted by atomic mass is 10.0. The van der Waals surface area contributed by atoms with E-state index in [-0.39, 0.29) is 30.5 Å². The Kier molecular flexibility index (Phi) is 8.82. The van der Waals surface area contributed by atoms with Gasteiger partial charge in [-0.1, -0.05) is 30.3 Å². The number of aromatic nitrogens is 1. The van der Waals surface area contributed by atoms with Crippen molar-refractivity contribution in [3.63, 3.8) is 0 Å². The lowest BCUT2D eigenvalue weighted by Gasteiger charge is -2.23. The minimum Gasteiger partial charge on any atom is -0.508 e. The fourth-order valence-corrected chi connectivity index (χ4v) is 4.65. The van der Waals surface area contributed by atoms with Crippen molar-refractivity contribution in [1.82, 2.24) is 26.3 Å². The Morgan fingerprint density at radius 2 is 1.69 bits per heavy atom. The van der Waals surface area contributed by atoms with Crippen molar-refractivity contribution in [2.24, 2.45) is 0 Å². The van der Waals surface area contributed by atoms with Crippen molar-refractivity contribution < 1.29 is 29.4 Å². The van der Waals surface area contributed by atoms with E-state index in [9.17, 15) is 29.4 Å². The zero-order chi connectivity index (χ0) is 27.9. The maximum absolute atomic E-state index is 13.3. The van der Waals surface area contributed by atoms with Gasteiger partial charge in [0.2, 0.25) is 17.7 Å². The van der Waals surface area contributed by atoms with E-state index >= 15 is 0 Å². The number of aliphatic carboxylic acids is 1. The van der Waals surface area contributed by atoms with Crippen LogP contribution in [0.15, 0.2) is 54.7 Å². The van der Waals surface area contributed by atoms with E-state index in [0.29, 0.717) is 12.0 Å². The van der Waals surface area contributed by atoms with Gasteiger partial charge in [0.25, 0.3) is 0 Å². The molecule has 1 saturated heterocycles. The summed E-state index contributed by atoms with van der Waals surface area (Å²) in [6.07, 6.45) is 3.52. The number of hydrogen-bond donors (Lipinski definition) is 7. The highest BCUT2D eigenvalue weighted by molar-refractivity contribution is 5.94. The summed E-state index contributed by atoms with van der Waals surface area (Å²) in [6, 6.07) is 9.98. The number of carbonyl (C=O) groups excluding carboxylic acids is 3. The Balaban J connectivity index is 1.43. The van der Waals surface area contributed by atoms with Crippen LogP contribution in [-0.2, 0) is 32.0 Å². The number of aromatic amines is 1. The van der Waals surface area contributed by atoms with E-state index in [2.05, 4.69) is 26.3 Å². The van der Waals surface area contributed by atoms with E-state index < -0.39 is 35.9 Å². The number of hydrogen-bond acceptors (Lipinski definition) is 6. The van der Waals surface area contributed by atoms with Gasteiger partial charge in [-0.3, -0.25) is 14.4 Å². The highest BCUT2D eigenvalue weighted by atomic mass is 16.4. The van der Waals surface area contributed by atoms with Gasteiger partial charge < -0.3 is 36.5 Å². The third-order valence-electron chi connectivity index (χ3n) is 6.85. The first-order chi connectivity index (χ1) is 18.7. The van der Waals surface area contributed by atoms with E-state index in [1.807, 2.05) is 24.3 Å². The first-order valence-corrected chi connectivity index (χ1v) is 12.9. The molecule has 4 atom stereocenters. The van der Waals surface area contributed by atoms with Crippen LogP contribution in [0.3, 0.4) is 0 Å². The van der Waals surface area contributed by atoms with Crippen molar-refractivity contribution in [1.29, 1.82) is 0 Å². The van der Waals surface area contributed by atoms with Crippen LogP contribution in [-0.4, -0.2) is 69.6 Å². The average molecular weight is 536 g/mol. The van der Waals surface area contributed by atoms with Crippen molar-refractivity contribution in [2.75, 3.05) is 6.54 Å². The van der Waals surface area contributed by atoms with Crippen LogP contribution < -0.4 is 21.3 Å². The number of rotatable bonds is 11. The number of H-pyrrole nitrogens is 1. The molecule has 2 heterocycles. The van der Waals surface area contributed by atoms with Gasteiger partial charge in [0.1, 0.15) is 23.9 Å². The van der Waals surface area contributed by atoms with E-state index in [1.165, 1.54) is 19.1 Å². The molecule has 0 spiro atoms. The van der Waals surface area contributed by atoms with E-state index in [0.717, 1.165) is 29.4 Å². The number of aromatic hydroxyl groups is 1. The molecule has 2 aromatic carbocycles. The van der Waals surface area contributed by atoms with Crippen molar-refractivity contribution in [3.8, 4) is 5.75 Å². The van der Waals surface area contributed by atoms with Gasteiger partial charge in [-0.2, -0.15) is 0 Å². The highest BCUT2D eigenvalue weighted by Gasteiger charge is 2.30. The lowest BCUT2D eigenvalue weighted by Crippen LogP contribution is -2.57. The summed E-state index contributed by atoms with van der Waals surface area (Å²) in [5, 5.41) is 31.0. The Labute approximate surface area is 225 Å². The number of carbonyl (C=O) groups is 4. The first kappa shape index (κ1) is 27.6. The number of carboxylic acids is 1. The van der Waals surface area contributed by atoms with Gasteiger partial charge in [-0.25, -0.2) is 4.79 Å². The Morgan fingerprint density at radius 3 is 2.38 bits per heavy atom. The standard InChI is InChI=1S/C28H33N5O6/c1-16(25(35)33-24(28(38)39)13-17-8-10-19(34)11-9-17)31-27(37)23(32-26(36)22-7-4-12-29-22)14-18-15-30-21-6-3-2-5-20(18)21/h2-3,5-6,8-11,15-16,22-24,29-30,34H,4,7,12-14H2,1H3,(H,31,37)(H,32,36)(H,33,35)(H,38,39). The fourth-order valence-electron chi connectivity index (χ4n) is 4.65. The predicted octanol–water partition coefficient (Wildman–Crippen LogP) is 0.970. The predicted molar refractivity (Wildman–Crippen MR) is 144 cm³/mol. The lowest BCUT2D eigenvalue weighted by molar-refractivity contribution is -0.142. The Hall–Kier alpha value is -4.38. The van der Waals surface area contributed by atoms with Crippen molar-refractivity contribution >= 4 is 34.6 Å². The second-order valence-electron chi connectivity index (χ2n) is 9.77. The number of phenols is 1. The minimum atomic E-state index is -1.24. The summed E-state index contributed by atoms with van der Waals surface area (Å²) in [7, 11) is 0. The maximum atomic E-state index is 13.3. The SMILES string of the molecule is CC(NC(=O)C(Cc1c[nH]c2ccccc12)NC(=O)C1CCCN1)C(=O)NC(Cc1ccc(O)cc1)C(=O)O. The smallest absolute Gasteiger partial charge is 0.326 e. The summed E-state index contributed by atoms with van der Waals surface area (Å²) in [6.45, 7) is 2.18. The number of phenolic OH excluding ortho intramolecular Hbond substituents is 1. The zero-order valence-electron chi connectivity index (χ0n) is 21.6.